The molecule has 1 amide bonds. The Balaban J connectivity index is 1.66. The van der Waals surface area contributed by atoms with Crippen LogP contribution < -0.4 is 5.32 Å². The maximum atomic E-state index is 12.6. The average molecular weight is 366 g/mol. The molecule has 0 aliphatic heterocycles. The molecule has 3 aromatic rings. The highest BCUT2D eigenvalue weighted by Crippen LogP contribution is 2.23. The summed E-state index contributed by atoms with van der Waals surface area (Å²) in [6.07, 6.45) is 1.64. The van der Waals surface area contributed by atoms with Crippen LogP contribution in [0.25, 0.3) is 5.69 Å². The van der Waals surface area contributed by atoms with E-state index in [2.05, 4.69) is 15.4 Å². The number of thioether (sulfide) groups is 1. The third-order valence-corrected chi connectivity index (χ3v) is 4.60. The highest BCUT2D eigenvalue weighted by molar-refractivity contribution is 8.00. The quantitative estimate of drug-likeness (QED) is 0.533. The molecule has 0 spiro atoms. The second kappa shape index (κ2) is 7.97. The predicted molar refractivity (Wildman–Crippen MR) is 102 cm³/mol. The molecular weight excluding hydrogens is 348 g/mol. The number of anilines is 1. The van der Waals surface area contributed by atoms with Gasteiger partial charge < -0.3 is 5.32 Å². The van der Waals surface area contributed by atoms with Crippen molar-refractivity contribution < 1.29 is 9.59 Å². The van der Waals surface area contributed by atoms with Crippen LogP contribution in [-0.2, 0) is 4.79 Å². The smallest absolute Gasteiger partial charge is 0.221 e. The van der Waals surface area contributed by atoms with E-state index < -0.39 is 0 Å². The van der Waals surface area contributed by atoms with Crippen molar-refractivity contribution in [2.45, 2.75) is 24.3 Å². The molecule has 0 radical (unpaired) electrons. The van der Waals surface area contributed by atoms with Crippen molar-refractivity contribution in [1.82, 2.24) is 14.8 Å². The number of nitrogens with one attached hydrogen (secondary N) is 1. The number of carbonyl (C=O) groups is 2. The number of ketones is 1. The van der Waals surface area contributed by atoms with E-state index in [4.69, 9.17) is 0 Å². The minimum absolute atomic E-state index is 0.0135. The first kappa shape index (κ1) is 17.9. The van der Waals surface area contributed by atoms with Gasteiger partial charge in [-0.25, -0.2) is 9.67 Å². The Kier molecular flexibility index (Phi) is 5.48. The summed E-state index contributed by atoms with van der Waals surface area (Å²) in [7, 11) is 0. The molecule has 1 N–H and O–H groups in total. The van der Waals surface area contributed by atoms with Crippen molar-refractivity contribution in [3.8, 4) is 5.69 Å². The normalized spacial score (nSPS) is 11.8. The molecule has 132 valence electrons. The fraction of sp³-hybridized carbons (Fsp3) is 0.158. The van der Waals surface area contributed by atoms with Gasteiger partial charge in [-0.2, -0.15) is 0 Å². The molecule has 1 atom stereocenters. The van der Waals surface area contributed by atoms with E-state index in [1.54, 1.807) is 35.3 Å². The van der Waals surface area contributed by atoms with Gasteiger partial charge in [-0.15, -0.1) is 5.10 Å². The van der Waals surface area contributed by atoms with Gasteiger partial charge in [0.15, 0.2) is 5.78 Å². The van der Waals surface area contributed by atoms with Gasteiger partial charge in [-0.1, -0.05) is 30.0 Å². The van der Waals surface area contributed by atoms with Crippen molar-refractivity contribution in [3.05, 3.63) is 66.5 Å². The average Bonchev–Trinajstić information content (AvgIpc) is 3.10. The van der Waals surface area contributed by atoms with Gasteiger partial charge in [-0.05, 0) is 43.3 Å². The summed E-state index contributed by atoms with van der Waals surface area (Å²) in [6, 6.07) is 16.5. The molecule has 1 heterocycles. The topological polar surface area (TPSA) is 76.9 Å². The lowest BCUT2D eigenvalue weighted by molar-refractivity contribution is -0.114. The molecule has 0 aliphatic rings. The van der Waals surface area contributed by atoms with Crippen LogP contribution in [0.4, 0.5) is 5.69 Å². The molecule has 2 aromatic carbocycles. The Bertz CT molecular complexity index is 907. The minimum Gasteiger partial charge on any atom is -0.326 e. The zero-order chi connectivity index (χ0) is 18.5. The standard InChI is InChI=1S/C19H18N4O2S/c1-13(18(25)15-8-10-16(11-9-15)21-14(2)24)26-19-20-12-23(22-19)17-6-4-3-5-7-17/h3-13H,1-2H3,(H,21,24)/t13-/m1/s1. The van der Waals surface area contributed by atoms with Gasteiger partial charge in [0.05, 0.1) is 10.9 Å². The van der Waals surface area contributed by atoms with E-state index >= 15 is 0 Å². The van der Waals surface area contributed by atoms with E-state index in [1.807, 2.05) is 37.3 Å². The number of aromatic nitrogens is 3. The Morgan fingerprint density at radius 3 is 2.42 bits per heavy atom. The molecule has 1 aromatic heterocycles. The second-order valence-corrected chi connectivity index (χ2v) is 7.00. The maximum Gasteiger partial charge on any atom is 0.221 e. The first-order valence-corrected chi connectivity index (χ1v) is 8.96. The molecule has 0 bridgehead atoms. The van der Waals surface area contributed by atoms with Crippen LogP contribution >= 0.6 is 11.8 Å². The summed E-state index contributed by atoms with van der Waals surface area (Å²) >= 11 is 1.31. The number of carbonyl (C=O) groups excluding carboxylic acids is 2. The highest BCUT2D eigenvalue weighted by atomic mass is 32.2. The number of rotatable bonds is 6. The van der Waals surface area contributed by atoms with Crippen molar-refractivity contribution in [2.24, 2.45) is 0 Å². The van der Waals surface area contributed by atoms with Crippen LogP contribution in [0.2, 0.25) is 0 Å². The maximum absolute atomic E-state index is 12.6. The lowest BCUT2D eigenvalue weighted by atomic mass is 10.1. The van der Waals surface area contributed by atoms with Crippen molar-refractivity contribution >= 4 is 29.1 Å². The first-order valence-electron chi connectivity index (χ1n) is 8.08. The number of benzene rings is 2. The zero-order valence-corrected chi connectivity index (χ0v) is 15.2. The van der Waals surface area contributed by atoms with Gasteiger partial charge in [-0.3, -0.25) is 9.59 Å². The third-order valence-electron chi connectivity index (χ3n) is 3.63. The number of nitrogens with zero attached hydrogens (tertiary/aromatic N) is 3. The molecule has 7 heteroatoms. The monoisotopic (exact) mass is 366 g/mol. The summed E-state index contributed by atoms with van der Waals surface area (Å²) in [6.45, 7) is 3.28. The SMILES string of the molecule is CC(=O)Nc1ccc(C(=O)[C@@H](C)Sc2ncn(-c3ccccc3)n2)cc1. The second-order valence-electron chi connectivity index (χ2n) is 5.69. The van der Waals surface area contributed by atoms with Crippen LogP contribution in [0.15, 0.2) is 66.1 Å². The number of para-hydroxylation sites is 1. The van der Waals surface area contributed by atoms with E-state index in [-0.39, 0.29) is 16.9 Å². The van der Waals surface area contributed by atoms with E-state index in [0.29, 0.717) is 16.4 Å². The number of Topliss-reactive ketones (excluding diaryl/α,β-unsaturated/α-hetero) is 1. The Hall–Kier alpha value is -2.93. The Morgan fingerprint density at radius 1 is 1.08 bits per heavy atom. The summed E-state index contributed by atoms with van der Waals surface area (Å²) < 4.78 is 1.68. The Morgan fingerprint density at radius 2 is 1.77 bits per heavy atom. The van der Waals surface area contributed by atoms with E-state index in [0.717, 1.165) is 5.69 Å². The van der Waals surface area contributed by atoms with Crippen LogP contribution in [0.5, 0.6) is 0 Å². The van der Waals surface area contributed by atoms with Gasteiger partial charge in [0, 0.05) is 18.2 Å². The fourth-order valence-electron chi connectivity index (χ4n) is 2.37. The molecule has 0 saturated heterocycles. The molecule has 26 heavy (non-hydrogen) atoms. The fourth-order valence-corrected chi connectivity index (χ4v) is 3.18. The van der Waals surface area contributed by atoms with Gasteiger partial charge in [0.1, 0.15) is 6.33 Å². The van der Waals surface area contributed by atoms with Gasteiger partial charge >= 0.3 is 0 Å². The van der Waals surface area contributed by atoms with Crippen molar-refractivity contribution in [2.75, 3.05) is 5.32 Å². The summed E-state index contributed by atoms with van der Waals surface area (Å²) in [5.41, 5.74) is 2.17. The van der Waals surface area contributed by atoms with Crippen molar-refractivity contribution in [3.63, 3.8) is 0 Å². The number of hydrogen-bond donors (Lipinski definition) is 1. The molecule has 0 unspecified atom stereocenters. The third kappa shape index (κ3) is 4.37. The highest BCUT2D eigenvalue weighted by Gasteiger charge is 2.18. The Labute approximate surface area is 155 Å². The molecule has 0 fully saturated rings. The van der Waals surface area contributed by atoms with E-state index in [9.17, 15) is 9.59 Å². The lowest BCUT2D eigenvalue weighted by Crippen LogP contribution is -2.14. The van der Waals surface area contributed by atoms with Gasteiger partial charge in [0.2, 0.25) is 11.1 Å². The zero-order valence-electron chi connectivity index (χ0n) is 14.4. The first-order chi connectivity index (χ1) is 12.5. The summed E-state index contributed by atoms with van der Waals surface area (Å²) in [5.74, 6) is -0.159. The van der Waals surface area contributed by atoms with Crippen LogP contribution in [0.1, 0.15) is 24.2 Å². The summed E-state index contributed by atoms with van der Waals surface area (Å²) in [5, 5.41) is 7.31. The van der Waals surface area contributed by atoms with Crippen LogP contribution in [0.3, 0.4) is 0 Å². The molecule has 0 aliphatic carbocycles. The molecule has 6 nitrogen and oxygen atoms in total. The number of hydrogen-bond acceptors (Lipinski definition) is 5. The molecular formula is C19H18N4O2S. The van der Waals surface area contributed by atoms with Crippen LogP contribution in [0, 0.1) is 0 Å². The number of amides is 1. The van der Waals surface area contributed by atoms with Gasteiger partial charge in [0.25, 0.3) is 0 Å². The largest absolute Gasteiger partial charge is 0.326 e. The van der Waals surface area contributed by atoms with Crippen LogP contribution in [-0.4, -0.2) is 31.7 Å². The minimum atomic E-state index is -0.326. The van der Waals surface area contributed by atoms with E-state index in [1.165, 1.54) is 18.7 Å². The predicted octanol–water partition coefficient (Wildman–Crippen LogP) is 3.59. The van der Waals surface area contributed by atoms with Crippen molar-refractivity contribution in [1.29, 1.82) is 0 Å². The molecule has 3 rings (SSSR count). The molecule has 0 saturated carbocycles. The lowest BCUT2D eigenvalue weighted by Gasteiger charge is -2.09. The summed E-state index contributed by atoms with van der Waals surface area (Å²) in [4.78, 5) is 27.9.